The third-order valence-corrected chi connectivity index (χ3v) is 2.90. The van der Waals surface area contributed by atoms with Crippen LogP contribution in [-0.4, -0.2) is 10.1 Å². The third-order valence-electron chi connectivity index (χ3n) is 2.21. The lowest BCUT2D eigenvalue weighted by Crippen LogP contribution is -1.98. The number of aromatic nitrogens is 1. The standard InChI is InChI=1S/C10H18N2OS/c1-2-3-4-5-6-9(13)8-7-14-10(11)12-8/h7,9,13H,2-6H2,1H3,(H2,11,12)/t9-/m0/s1. The smallest absolute Gasteiger partial charge is 0.180 e. The van der Waals surface area contributed by atoms with Crippen molar-refractivity contribution in [1.82, 2.24) is 4.98 Å². The molecule has 80 valence electrons. The Bertz CT molecular complexity index is 262. The Balaban J connectivity index is 2.25. The van der Waals surface area contributed by atoms with Crippen LogP contribution < -0.4 is 5.73 Å². The van der Waals surface area contributed by atoms with Gasteiger partial charge in [0.2, 0.25) is 0 Å². The minimum atomic E-state index is -0.430. The van der Waals surface area contributed by atoms with Crippen molar-refractivity contribution in [3.05, 3.63) is 11.1 Å². The quantitative estimate of drug-likeness (QED) is 0.716. The first-order valence-electron chi connectivity index (χ1n) is 5.13. The number of nitrogen functional groups attached to an aromatic ring is 1. The summed E-state index contributed by atoms with van der Waals surface area (Å²) in [5.41, 5.74) is 6.21. The molecule has 14 heavy (non-hydrogen) atoms. The van der Waals surface area contributed by atoms with E-state index in [0.29, 0.717) is 5.13 Å². The summed E-state index contributed by atoms with van der Waals surface area (Å²) in [6.07, 6.45) is 5.08. The molecule has 1 rings (SSSR count). The molecular weight excluding hydrogens is 196 g/mol. The Morgan fingerprint density at radius 3 is 2.86 bits per heavy atom. The summed E-state index contributed by atoms with van der Waals surface area (Å²) in [6, 6.07) is 0. The lowest BCUT2D eigenvalue weighted by molar-refractivity contribution is 0.159. The summed E-state index contributed by atoms with van der Waals surface area (Å²) in [4.78, 5) is 4.06. The molecule has 0 aromatic carbocycles. The molecule has 4 heteroatoms. The molecule has 1 aromatic rings. The number of nitrogens with two attached hydrogens (primary N) is 1. The van der Waals surface area contributed by atoms with Crippen LogP contribution in [-0.2, 0) is 0 Å². The van der Waals surface area contributed by atoms with E-state index in [1.807, 2.05) is 5.38 Å². The van der Waals surface area contributed by atoms with Gasteiger partial charge in [0.1, 0.15) is 0 Å². The minimum Gasteiger partial charge on any atom is -0.387 e. The van der Waals surface area contributed by atoms with Crippen LogP contribution in [0.4, 0.5) is 5.13 Å². The molecule has 0 amide bonds. The number of nitrogens with zero attached hydrogens (tertiary/aromatic N) is 1. The molecule has 0 unspecified atom stereocenters. The van der Waals surface area contributed by atoms with Gasteiger partial charge in [-0.15, -0.1) is 11.3 Å². The molecule has 0 saturated heterocycles. The highest BCUT2D eigenvalue weighted by atomic mass is 32.1. The van der Waals surface area contributed by atoms with E-state index in [4.69, 9.17) is 5.73 Å². The largest absolute Gasteiger partial charge is 0.387 e. The van der Waals surface area contributed by atoms with Crippen molar-refractivity contribution in [2.45, 2.75) is 45.1 Å². The highest BCUT2D eigenvalue weighted by Gasteiger charge is 2.10. The lowest BCUT2D eigenvalue weighted by Gasteiger charge is -2.06. The number of thiazole rings is 1. The molecule has 1 heterocycles. The first kappa shape index (κ1) is 11.5. The molecule has 1 aromatic heterocycles. The van der Waals surface area contributed by atoms with Gasteiger partial charge in [0.25, 0.3) is 0 Å². The highest BCUT2D eigenvalue weighted by Crippen LogP contribution is 2.22. The van der Waals surface area contributed by atoms with E-state index < -0.39 is 6.10 Å². The van der Waals surface area contributed by atoms with Gasteiger partial charge in [-0.2, -0.15) is 0 Å². The first-order valence-corrected chi connectivity index (χ1v) is 6.01. The van der Waals surface area contributed by atoms with Gasteiger partial charge in [0.05, 0.1) is 11.8 Å². The SMILES string of the molecule is CCCCCC[C@H](O)c1csc(N)n1. The molecule has 0 aliphatic heterocycles. The predicted octanol–water partition coefficient (Wildman–Crippen LogP) is 2.73. The van der Waals surface area contributed by atoms with E-state index in [0.717, 1.165) is 18.5 Å². The van der Waals surface area contributed by atoms with E-state index in [2.05, 4.69) is 11.9 Å². The Hall–Kier alpha value is -0.610. The molecule has 0 spiro atoms. The van der Waals surface area contributed by atoms with Crippen LogP contribution >= 0.6 is 11.3 Å². The number of unbranched alkanes of at least 4 members (excludes halogenated alkanes) is 3. The van der Waals surface area contributed by atoms with Crippen molar-refractivity contribution in [3.8, 4) is 0 Å². The van der Waals surface area contributed by atoms with Crippen LogP contribution in [0.3, 0.4) is 0 Å². The van der Waals surface area contributed by atoms with Gasteiger partial charge >= 0.3 is 0 Å². The molecule has 0 saturated carbocycles. The number of hydrogen-bond donors (Lipinski definition) is 2. The van der Waals surface area contributed by atoms with Gasteiger partial charge in [-0.3, -0.25) is 0 Å². The van der Waals surface area contributed by atoms with E-state index in [1.54, 1.807) is 0 Å². The molecule has 3 N–H and O–H groups in total. The summed E-state index contributed by atoms with van der Waals surface area (Å²) in [7, 11) is 0. The maximum Gasteiger partial charge on any atom is 0.180 e. The number of aliphatic hydroxyl groups is 1. The molecule has 0 aliphatic rings. The van der Waals surface area contributed by atoms with Crippen LogP contribution in [0.25, 0.3) is 0 Å². The van der Waals surface area contributed by atoms with Gasteiger partial charge in [-0.1, -0.05) is 32.6 Å². The average Bonchev–Trinajstić information content (AvgIpc) is 2.59. The summed E-state index contributed by atoms with van der Waals surface area (Å²) in [5, 5.41) is 12.1. The van der Waals surface area contributed by atoms with Crippen molar-refractivity contribution in [3.63, 3.8) is 0 Å². The van der Waals surface area contributed by atoms with Crippen molar-refractivity contribution >= 4 is 16.5 Å². The minimum absolute atomic E-state index is 0.430. The molecule has 3 nitrogen and oxygen atoms in total. The Morgan fingerprint density at radius 2 is 2.29 bits per heavy atom. The third kappa shape index (κ3) is 3.64. The van der Waals surface area contributed by atoms with Crippen molar-refractivity contribution in [1.29, 1.82) is 0 Å². The number of anilines is 1. The summed E-state index contributed by atoms with van der Waals surface area (Å²) < 4.78 is 0. The van der Waals surface area contributed by atoms with Crippen molar-refractivity contribution in [2.24, 2.45) is 0 Å². The molecule has 0 bridgehead atoms. The average molecular weight is 214 g/mol. The maximum atomic E-state index is 9.72. The van der Waals surface area contributed by atoms with Crippen molar-refractivity contribution in [2.75, 3.05) is 5.73 Å². The van der Waals surface area contributed by atoms with E-state index in [-0.39, 0.29) is 0 Å². The topological polar surface area (TPSA) is 59.1 Å². The number of rotatable bonds is 6. The highest BCUT2D eigenvalue weighted by molar-refractivity contribution is 7.13. The molecule has 0 fully saturated rings. The van der Waals surface area contributed by atoms with Crippen LogP contribution in [0.5, 0.6) is 0 Å². The zero-order chi connectivity index (χ0) is 10.4. The Morgan fingerprint density at radius 1 is 1.50 bits per heavy atom. The second kappa shape index (κ2) is 5.98. The molecule has 0 radical (unpaired) electrons. The normalized spacial score (nSPS) is 13.0. The fourth-order valence-corrected chi connectivity index (χ4v) is 1.98. The van der Waals surface area contributed by atoms with Gasteiger partial charge < -0.3 is 10.8 Å². The fourth-order valence-electron chi connectivity index (χ4n) is 1.37. The van der Waals surface area contributed by atoms with Gasteiger partial charge in [0, 0.05) is 5.38 Å². The number of hydrogen-bond acceptors (Lipinski definition) is 4. The van der Waals surface area contributed by atoms with Gasteiger partial charge in [-0.25, -0.2) is 4.98 Å². The van der Waals surface area contributed by atoms with Crippen LogP contribution in [0, 0.1) is 0 Å². The van der Waals surface area contributed by atoms with E-state index >= 15 is 0 Å². The zero-order valence-electron chi connectivity index (χ0n) is 8.57. The number of aliphatic hydroxyl groups excluding tert-OH is 1. The zero-order valence-corrected chi connectivity index (χ0v) is 9.39. The van der Waals surface area contributed by atoms with Crippen LogP contribution in [0.2, 0.25) is 0 Å². The summed E-state index contributed by atoms with van der Waals surface area (Å²) in [5.74, 6) is 0. The maximum absolute atomic E-state index is 9.72. The first-order chi connectivity index (χ1) is 6.74. The summed E-state index contributed by atoms with van der Waals surface area (Å²) in [6.45, 7) is 2.18. The van der Waals surface area contributed by atoms with Crippen LogP contribution in [0.1, 0.15) is 50.8 Å². The van der Waals surface area contributed by atoms with Crippen molar-refractivity contribution < 1.29 is 5.11 Å². The molecule has 0 aliphatic carbocycles. The molecular formula is C10H18N2OS. The fraction of sp³-hybridized carbons (Fsp3) is 0.700. The van der Waals surface area contributed by atoms with Gasteiger partial charge in [-0.05, 0) is 6.42 Å². The predicted molar refractivity (Wildman–Crippen MR) is 60.2 cm³/mol. The summed E-state index contributed by atoms with van der Waals surface area (Å²) >= 11 is 1.38. The van der Waals surface area contributed by atoms with Crippen LogP contribution in [0.15, 0.2) is 5.38 Å². The molecule has 1 atom stereocenters. The lowest BCUT2D eigenvalue weighted by atomic mass is 10.1. The monoisotopic (exact) mass is 214 g/mol. The van der Waals surface area contributed by atoms with E-state index in [1.165, 1.54) is 30.6 Å². The second-order valence-corrected chi connectivity index (χ2v) is 4.37. The van der Waals surface area contributed by atoms with Gasteiger partial charge in [0.15, 0.2) is 5.13 Å². The van der Waals surface area contributed by atoms with E-state index in [9.17, 15) is 5.11 Å². The second-order valence-electron chi connectivity index (χ2n) is 3.48. The Labute approximate surface area is 89.0 Å². The Kier molecular flexibility index (Phi) is 4.90.